The van der Waals surface area contributed by atoms with Crippen LogP contribution in [0.1, 0.15) is 18.6 Å². The van der Waals surface area contributed by atoms with E-state index in [1.54, 1.807) is 13.0 Å². The van der Waals surface area contributed by atoms with E-state index in [0.717, 1.165) is 0 Å². The van der Waals surface area contributed by atoms with Crippen LogP contribution in [0.25, 0.3) is 0 Å². The van der Waals surface area contributed by atoms with Gasteiger partial charge in [-0.1, -0.05) is 12.1 Å². The molecule has 1 aromatic rings. The third-order valence-corrected chi connectivity index (χ3v) is 1.91. The van der Waals surface area contributed by atoms with Crippen LogP contribution in [0, 0.1) is 0 Å². The van der Waals surface area contributed by atoms with Crippen LogP contribution >= 0.6 is 0 Å². The monoisotopic (exact) mass is 220 g/mol. The molecule has 0 N–H and O–H groups in total. The summed E-state index contributed by atoms with van der Waals surface area (Å²) in [4.78, 5) is 0. The fourth-order valence-corrected chi connectivity index (χ4v) is 1.10. The Morgan fingerprint density at radius 1 is 1.27 bits per heavy atom. The normalized spacial score (nSPS) is 13.7. The first kappa shape index (κ1) is 11.8. The number of ether oxygens (including phenoxy) is 2. The summed E-state index contributed by atoms with van der Waals surface area (Å²) in [6, 6.07) is 5.73. The zero-order chi connectivity index (χ0) is 11.5. The van der Waals surface area contributed by atoms with E-state index in [9.17, 15) is 13.2 Å². The Morgan fingerprint density at radius 3 is 2.47 bits per heavy atom. The highest BCUT2D eigenvalue weighted by Crippen LogP contribution is 2.26. The number of benzene rings is 1. The van der Waals surface area contributed by atoms with Crippen molar-refractivity contribution >= 4 is 0 Å². The minimum Gasteiger partial charge on any atom is -0.406 e. The van der Waals surface area contributed by atoms with Gasteiger partial charge < -0.3 is 9.47 Å². The third-order valence-electron chi connectivity index (χ3n) is 1.91. The summed E-state index contributed by atoms with van der Waals surface area (Å²) >= 11 is 0. The number of alkyl halides is 3. The molecule has 15 heavy (non-hydrogen) atoms. The van der Waals surface area contributed by atoms with Gasteiger partial charge in [0.25, 0.3) is 0 Å². The summed E-state index contributed by atoms with van der Waals surface area (Å²) in [5, 5.41) is 0. The lowest BCUT2D eigenvalue weighted by molar-refractivity contribution is -0.274. The van der Waals surface area contributed by atoms with Crippen LogP contribution in [0.3, 0.4) is 0 Å². The van der Waals surface area contributed by atoms with E-state index in [1.165, 1.54) is 25.3 Å². The van der Waals surface area contributed by atoms with Crippen molar-refractivity contribution in [2.24, 2.45) is 0 Å². The molecule has 0 aliphatic carbocycles. The van der Waals surface area contributed by atoms with Gasteiger partial charge in [-0.15, -0.1) is 13.2 Å². The second-order valence-corrected chi connectivity index (χ2v) is 3.00. The van der Waals surface area contributed by atoms with Crippen LogP contribution in [0.2, 0.25) is 0 Å². The van der Waals surface area contributed by atoms with Crippen LogP contribution in [0.15, 0.2) is 24.3 Å². The SMILES string of the molecule is COC(C)c1cccc(OC(F)(F)F)c1. The van der Waals surface area contributed by atoms with Gasteiger partial charge in [0.15, 0.2) is 0 Å². The Labute approximate surface area is 85.6 Å². The molecular formula is C10H11F3O2. The maximum absolute atomic E-state index is 11.9. The molecule has 0 aliphatic rings. The van der Waals surface area contributed by atoms with Crippen molar-refractivity contribution in [3.63, 3.8) is 0 Å². The lowest BCUT2D eigenvalue weighted by Gasteiger charge is -2.13. The van der Waals surface area contributed by atoms with Gasteiger partial charge in [-0.05, 0) is 24.6 Å². The average Bonchev–Trinajstić information content (AvgIpc) is 2.14. The molecule has 1 atom stereocenters. The van der Waals surface area contributed by atoms with Gasteiger partial charge in [-0.3, -0.25) is 0 Å². The molecule has 0 bridgehead atoms. The molecule has 0 saturated heterocycles. The van der Waals surface area contributed by atoms with Gasteiger partial charge in [-0.25, -0.2) is 0 Å². The molecule has 1 rings (SSSR count). The first-order chi connectivity index (χ1) is 6.92. The van der Waals surface area contributed by atoms with Crippen molar-refractivity contribution in [3.05, 3.63) is 29.8 Å². The molecule has 0 radical (unpaired) electrons. The van der Waals surface area contributed by atoms with Crippen molar-refractivity contribution in [2.75, 3.05) is 7.11 Å². The average molecular weight is 220 g/mol. The zero-order valence-corrected chi connectivity index (χ0v) is 8.34. The second-order valence-electron chi connectivity index (χ2n) is 3.00. The van der Waals surface area contributed by atoms with Gasteiger partial charge >= 0.3 is 6.36 Å². The van der Waals surface area contributed by atoms with Gasteiger partial charge in [0, 0.05) is 7.11 Å². The highest BCUT2D eigenvalue weighted by atomic mass is 19.4. The van der Waals surface area contributed by atoms with Crippen LogP contribution in [0.4, 0.5) is 13.2 Å². The minimum absolute atomic E-state index is 0.232. The molecule has 0 amide bonds. The smallest absolute Gasteiger partial charge is 0.406 e. The standard InChI is InChI=1S/C10H11F3O2/c1-7(14-2)8-4-3-5-9(6-8)15-10(11,12)13/h3-7H,1-2H3. The fourth-order valence-electron chi connectivity index (χ4n) is 1.10. The molecule has 0 saturated carbocycles. The van der Waals surface area contributed by atoms with E-state index >= 15 is 0 Å². The Morgan fingerprint density at radius 2 is 1.93 bits per heavy atom. The van der Waals surface area contributed by atoms with Crippen molar-refractivity contribution in [1.29, 1.82) is 0 Å². The molecule has 0 fully saturated rings. The van der Waals surface area contributed by atoms with Gasteiger partial charge in [0.2, 0.25) is 0 Å². The number of methoxy groups -OCH3 is 1. The van der Waals surface area contributed by atoms with Crippen LogP contribution in [0.5, 0.6) is 5.75 Å². The Bertz CT molecular complexity index is 323. The Kier molecular flexibility index (Phi) is 3.57. The predicted octanol–water partition coefficient (Wildman–Crippen LogP) is 3.29. The van der Waals surface area contributed by atoms with Crippen molar-refractivity contribution in [1.82, 2.24) is 0 Å². The first-order valence-corrected chi connectivity index (χ1v) is 4.31. The van der Waals surface area contributed by atoms with E-state index in [1.807, 2.05) is 0 Å². The van der Waals surface area contributed by atoms with Crippen molar-refractivity contribution in [2.45, 2.75) is 19.4 Å². The van der Waals surface area contributed by atoms with E-state index in [0.29, 0.717) is 5.56 Å². The molecule has 84 valence electrons. The molecule has 1 unspecified atom stereocenters. The summed E-state index contributed by atoms with van der Waals surface area (Å²) < 4.78 is 44.5. The molecule has 2 nitrogen and oxygen atoms in total. The zero-order valence-electron chi connectivity index (χ0n) is 8.34. The van der Waals surface area contributed by atoms with E-state index in [4.69, 9.17) is 4.74 Å². The Hall–Kier alpha value is -1.23. The molecule has 0 heterocycles. The first-order valence-electron chi connectivity index (χ1n) is 4.31. The topological polar surface area (TPSA) is 18.5 Å². The maximum atomic E-state index is 11.9. The minimum atomic E-state index is -4.66. The van der Waals surface area contributed by atoms with E-state index in [-0.39, 0.29) is 11.9 Å². The summed E-state index contributed by atoms with van der Waals surface area (Å²) in [6.45, 7) is 1.74. The van der Waals surface area contributed by atoms with Crippen LogP contribution in [-0.4, -0.2) is 13.5 Å². The summed E-state index contributed by atoms with van der Waals surface area (Å²) in [6.07, 6.45) is -4.92. The quantitative estimate of drug-likeness (QED) is 0.778. The van der Waals surface area contributed by atoms with Crippen LogP contribution in [-0.2, 0) is 4.74 Å². The van der Waals surface area contributed by atoms with Crippen LogP contribution < -0.4 is 4.74 Å². The van der Waals surface area contributed by atoms with Gasteiger partial charge in [0.05, 0.1) is 6.10 Å². The lowest BCUT2D eigenvalue weighted by atomic mass is 10.1. The Balaban J connectivity index is 2.83. The molecule has 0 spiro atoms. The molecule has 0 aromatic heterocycles. The molecule has 5 heteroatoms. The van der Waals surface area contributed by atoms with Crippen molar-refractivity contribution < 1.29 is 22.6 Å². The lowest BCUT2D eigenvalue weighted by Crippen LogP contribution is -2.17. The predicted molar refractivity (Wildman–Crippen MR) is 48.5 cm³/mol. The molecule has 1 aromatic carbocycles. The number of hydrogen-bond donors (Lipinski definition) is 0. The van der Waals surface area contributed by atoms with Gasteiger partial charge in [-0.2, -0.15) is 0 Å². The maximum Gasteiger partial charge on any atom is 0.573 e. The largest absolute Gasteiger partial charge is 0.573 e. The number of halogens is 3. The summed E-state index contributed by atoms with van der Waals surface area (Å²) in [7, 11) is 1.49. The van der Waals surface area contributed by atoms with E-state index < -0.39 is 6.36 Å². The second kappa shape index (κ2) is 4.53. The van der Waals surface area contributed by atoms with Crippen molar-refractivity contribution in [3.8, 4) is 5.75 Å². The third kappa shape index (κ3) is 3.79. The highest BCUT2D eigenvalue weighted by molar-refractivity contribution is 5.29. The number of rotatable bonds is 3. The highest BCUT2D eigenvalue weighted by Gasteiger charge is 2.31. The van der Waals surface area contributed by atoms with E-state index in [2.05, 4.69) is 4.74 Å². The summed E-state index contributed by atoms with van der Waals surface area (Å²) in [5.41, 5.74) is 0.638. The number of hydrogen-bond acceptors (Lipinski definition) is 2. The molecule has 0 aliphatic heterocycles. The van der Waals surface area contributed by atoms with Gasteiger partial charge in [0.1, 0.15) is 5.75 Å². The fraction of sp³-hybridized carbons (Fsp3) is 0.400. The molecular weight excluding hydrogens is 209 g/mol. The summed E-state index contributed by atoms with van der Waals surface area (Å²) in [5.74, 6) is -0.232.